The predicted molar refractivity (Wildman–Crippen MR) is 174 cm³/mol. The molecule has 0 unspecified atom stereocenters. The lowest BCUT2D eigenvalue weighted by Gasteiger charge is -2.46. The molecule has 0 aromatic heterocycles. The Bertz CT molecular complexity index is 1270. The molecule has 2 saturated heterocycles. The van der Waals surface area contributed by atoms with Crippen molar-refractivity contribution >= 4 is 28.7 Å². The highest BCUT2D eigenvalue weighted by atomic mass is 127. The van der Waals surface area contributed by atoms with Crippen LogP contribution in [0.1, 0.15) is 43.9 Å². The molecule has 0 aliphatic carbocycles. The van der Waals surface area contributed by atoms with Crippen LogP contribution in [0.3, 0.4) is 0 Å². The maximum absolute atomic E-state index is 13.7. The number of alkyl halides is 1. The van der Waals surface area contributed by atoms with Crippen LogP contribution in [0.15, 0.2) is 91.0 Å². The molecule has 2 heterocycles. The van der Waals surface area contributed by atoms with Crippen molar-refractivity contribution in [1.29, 1.82) is 0 Å². The highest BCUT2D eigenvalue weighted by Crippen LogP contribution is 2.40. The number of fused-ring (bicyclic) bond motifs is 1. The average molecular weight is 700 g/mol. The smallest absolute Gasteiger partial charge is 0.410 e. The van der Waals surface area contributed by atoms with Crippen molar-refractivity contribution in [3.63, 3.8) is 0 Å². The Balaban J connectivity index is 1.45. The number of hydrogen-bond acceptors (Lipinski definition) is 6. The van der Waals surface area contributed by atoms with Gasteiger partial charge in [0.15, 0.2) is 0 Å². The zero-order valence-electron chi connectivity index (χ0n) is 25.1. The van der Waals surface area contributed by atoms with E-state index in [-0.39, 0.29) is 30.4 Å². The monoisotopic (exact) mass is 699 g/mol. The molecule has 0 radical (unpaired) electrons. The summed E-state index contributed by atoms with van der Waals surface area (Å²) in [5.74, 6) is 0. The quantitative estimate of drug-likeness (QED) is 0.160. The van der Waals surface area contributed by atoms with E-state index in [4.69, 9.17) is 23.7 Å². The summed E-state index contributed by atoms with van der Waals surface area (Å²) in [7, 11) is 0. The van der Waals surface area contributed by atoms with Crippen LogP contribution in [0.5, 0.6) is 0 Å². The van der Waals surface area contributed by atoms with Crippen LogP contribution in [-0.2, 0) is 43.5 Å². The average Bonchev–Trinajstić information content (AvgIpc) is 3.38. The van der Waals surface area contributed by atoms with Gasteiger partial charge in [0.2, 0.25) is 0 Å². The van der Waals surface area contributed by atoms with E-state index < -0.39 is 17.8 Å². The lowest BCUT2D eigenvalue weighted by molar-refractivity contribution is -0.234. The summed E-state index contributed by atoms with van der Waals surface area (Å²) < 4.78 is 33.1. The van der Waals surface area contributed by atoms with Crippen LogP contribution in [0.25, 0.3) is 0 Å². The second-order valence-electron chi connectivity index (χ2n) is 12.2. The molecule has 3 aromatic carbocycles. The van der Waals surface area contributed by atoms with Gasteiger partial charge in [-0.05, 0) is 43.9 Å². The molecule has 2 aliphatic rings. The van der Waals surface area contributed by atoms with Gasteiger partial charge in [0, 0.05) is 10.5 Å². The van der Waals surface area contributed by atoms with Crippen LogP contribution in [0.2, 0.25) is 0 Å². The van der Waals surface area contributed by atoms with Crippen molar-refractivity contribution in [2.24, 2.45) is 0 Å². The summed E-state index contributed by atoms with van der Waals surface area (Å²) in [6, 6.07) is 29.9. The second-order valence-corrected chi connectivity index (χ2v) is 13.0. The summed E-state index contributed by atoms with van der Waals surface area (Å²) in [6.45, 7) is 7.25. The molecule has 5 rings (SSSR count). The van der Waals surface area contributed by atoms with Gasteiger partial charge >= 0.3 is 6.09 Å². The number of benzene rings is 3. The van der Waals surface area contributed by atoms with Crippen molar-refractivity contribution in [3.05, 3.63) is 108 Å². The first kappa shape index (κ1) is 31.9. The van der Waals surface area contributed by atoms with E-state index in [1.807, 2.05) is 117 Å². The molecule has 2 aliphatic heterocycles. The normalized spacial score (nSPS) is 25.3. The standard InChI is InChI=1S/C35H42INO6/c1-35(2,3)43-34(38)37-28(20-36)19-29-31(37)33(41-23-27-17-11-6-12-18-27)32(40-22-26-15-9-5-10-16-26)30(42-29)24-39-21-25-13-7-4-8-14-25/h4-18,28-33H,19-24H2,1-3H3/t28-,29+,30+,31-,32+,33+/m0/s1. The number of carbonyl (C=O) groups excluding carboxylic acids is 1. The fourth-order valence-electron chi connectivity index (χ4n) is 5.81. The fourth-order valence-corrected chi connectivity index (χ4v) is 6.59. The highest BCUT2D eigenvalue weighted by Gasteiger charge is 2.57. The van der Waals surface area contributed by atoms with Crippen LogP contribution >= 0.6 is 22.6 Å². The molecule has 0 bridgehead atoms. The molecule has 230 valence electrons. The number of rotatable bonds is 11. The second kappa shape index (κ2) is 15.0. The third kappa shape index (κ3) is 8.57. The molecule has 1 amide bonds. The Morgan fingerprint density at radius 1 is 0.814 bits per heavy atom. The Hall–Kier alpha value is -2.50. The van der Waals surface area contributed by atoms with E-state index in [0.717, 1.165) is 21.1 Å². The Kier molecular flexibility index (Phi) is 11.1. The van der Waals surface area contributed by atoms with Crippen LogP contribution in [0, 0.1) is 0 Å². The number of carbonyl (C=O) groups is 1. The molecule has 43 heavy (non-hydrogen) atoms. The summed E-state index contributed by atoms with van der Waals surface area (Å²) in [6.07, 6.45) is -1.23. The van der Waals surface area contributed by atoms with Crippen LogP contribution in [0.4, 0.5) is 4.79 Å². The number of nitrogens with zero attached hydrogens (tertiary/aromatic N) is 1. The molecular weight excluding hydrogens is 657 g/mol. The van der Waals surface area contributed by atoms with Gasteiger partial charge in [-0.3, -0.25) is 4.90 Å². The molecule has 0 N–H and O–H groups in total. The molecule has 0 saturated carbocycles. The van der Waals surface area contributed by atoms with Crippen molar-refractivity contribution in [1.82, 2.24) is 4.90 Å². The SMILES string of the molecule is CC(C)(C)OC(=O)N1[C@H](CI)C[C@H]2O[C@H](COCc3ccccc3)[C@@H](OCc3ccccc3)[C@H](OCc3ccccc3)[C@H]21. The van der Waals surface area contributed by atoms with E-state index in [2.05, 4.69) is 22.6 Å². The summed E-state index contributed by atoms with van der Waals surface area (Å²) in [4.78, 5) is 15.6. The molecule has 2 fully saturated rings. The predicted octanol–water partition coefficient (Wildman–Crippen LogP) is 6.95. The van der Waals surface area contributed by atoms with E-state index in [0.29, 0.717) is 32.8 Å². The first-order chi connectivity index (χ1) is 20.8. The van der Waals surface area contributed by atoms with Crippen molar-refractivity contribution in [3.8, 4) is 0 Å². The maximum Gasteiger partial charge on any atom is 0.410 e. The first-order valence-corrected chi connectivity index (χ1v) is 16.5. The van der Waals surface area contributed by atoms with Gasteiger partial charge < -0.3 is 23.7 Å². The van der Waals surface area contributed by atoms with E-state index in [1.54, 1.807) is 0 Å². The molecule has 8 heteroatoms. The first-order valence-electron chi connectivity index (χ1n) is 15.0. The van der Waals surface area contributed by atoms with Gasteiger partial charge in [0.1, 0.15) is 23.9 Å². The molecule has 7 nitrogen and oxygen atoms in total. The van der Waals surface area contributed by atoms with Gasteiger partial charge in [0.25, 0.3) is 0 Å². The van der Waals surface area contributed by atoms with Crippen molar-refractivity contribution < 1.29 is 28.5 Å². The zero-order chi connectivity index (χ0) is 30.2. The number of hydrogen-bond donors (Lipinski definition) is 0. The van der Waals surface area contributed by atoms with E-state index in [9.17, 15) is 4.79 Å². The topological polar surface area (TPSA) is 66.5 Å². The lowest BCUT2D eigenvalue weighted by atomic mass is 9.92. The minimum Gasteiger partial charge on any atom is -0.444 e. The van der Waals surface area contributed by atoms with Gasteiger partial charge in [-0.1, -0.05) is 114 Å². The van der Waals surface area contributed by atoms with Crippen LogP contribution in [-0.4, -0.2) is 64.1 Å². The summed E-state index contributed by atoms with van der Waals surface area (Å²) in [5.41, 5.74) is 2.57. The van der Waals surface area contributed by atoms with Crippen LogP contribution < -0.4 is 0 Å². The third-order valence-corrected chi connectivity index (χ3v) is 8.74. The van der Waals surface area contributed by atoms with E-state index >= 15 is 0 Å². The van der Waals surface area contributed by atoms with Gasteiger partial charge in [0.05, 0.1) is 38.6 Å². The largest absolute Gasteiger partial charge is 0.444 e. The molecule has 6 atom stereocenters. The minimum absolute atomic E-state index is 0.0490. The molecular formula is C35H42INO6. The third-order valence-electron chi connectivity index (χ3n) is 7.72. The number of amides is 1. The van der Waals surface area contributed by atoms with E-state index in [1.165, 1.54) is 0 Å². The Morgan fingerprint density at radius 3 is 1.84 bits per heavy atom. The lowest BCUT2D eigenvalue weighted by Crippen LogP contribution is -2.63. The van der Waals surface area contributed by atoms with Gasteiger partial charge in [-0.2, -0.15) is 0 Å². The fraction of sp³-hybridized carbons (Fsp3) is 0.457. The number of likely N-dealkylation sites (tertiary alicyclic amines) is 1. The molecule has 0 spiro atoms. The summed E-state index contributed by atoms with van der Waals surface area (Å²) in [5, 5.41) is 0. The zero-order valence-corrected chi connectivity index (χ0v) is 27.3. The van der Waals surface area contributed by atoms with Gasteiger partial charge in [-0.25, -0.2) is 4.79 Å². The Morgan fingerprint density at radius 2 is 1.33 bits per heavy atom. The van der Waals surface area contributed by atoms with Crippen molar-refractivity contribution in [2.75, 3.05) is 11.0 Å². The van der Waals surface area contributed by atoms with Gasteiger partial charge in [-0.15, -0.1) is 0 Å². The maximum atomic E-state index is 13.7. The highest BCUT2D eigenvalue weighted by molar-refractivity contribution is 14.1. The number of halogens is 1. The van der Waals surface area contributed by atoms with Crippen molar-refractivity contribution in [2.45, 2.75) is 89.1 Å². The number of ether oxygens (including phenoxy) is 5. The summed E-state index contributed by atoms with van der Waals surface area (Å²) >= 11 is 2.35. The molecule has 3 aromatic rings. The Labute approximate surface area is 268 Å². The minimum atomic E-state index is -0.627.